The Morgan fingerprint density at radius 2 is 2.00 bits per heavy atom. The van der Waals surface area contributed by atoms with Crippen molar-refractivity contribution in [2.45, 2.75) is 37.3 Å². The number of alkyl halides is 3. The monoisotopic (exact) mass is 412 g/mol. The van der Waals surface area contributed by atoms with Crippen LogP contribution in [0.5, 0.6) is 5.75 Å². The van der Waals surface area contributed by atoms with E-state index in [-0.39, 0.29) is 43.3 Å². The molecule has 3 N–H and O–H groups in total. The van der Waals surface area contributed by atoms with Crippen LogP contribution in [0.4, 0.5) is 13.2 Å². The van der Waals surface area contributed by atoms with E-state index in [9.17, 15) is 23.1 Å². The van der Waals surface area contributed by atoms with Crippen LogP contribution in [0, 0.1) is 0 Å². The number of nitrogens with zero attached hydrogens (tertiary/aromatic N) is 1. The average Bonchev–Trinajstić information content (AvgIpc) is 3.08. The van der Waals surface area contributed by atoms with Crippen molar-refractivity contribution in [2.24, 2.45) is 5.73 Å². The standard InChI is InChI=1S/C17H23F3N2O4.ClH/c1-22(16(24)15-7-6-14(8-21)26-15)9-12(23)10-25-13-4-2-11(3-5-13)17(18,19)20;/h2-5,12,14-15,23H,6-10,21H2,1H3;1H/t12?,14-,15+;/m1./s1. The molecule has 1 amide bonds. The molecule has 0 bridgehead atoms. The number of aliphatic hydroxyl groups is 1. The quantitative estimate of drug-likeness (QED) is 0.713. The molecule has 1 aromatic rings. The summed E-state index contributed by atoms with van der Waals surface area (Å²) in [6, 6.07) is 4.18. The molecule has 27 heavy (non-hydrogen) atoms. The summed E-state index contributed by atoms with van der Waals surface area (Å²) in [4.78, 5) is 13.6. The van der Waals surface area contributed by atoms with Crippen molar-refractivity contribution in [1.82, 2.24) is 4.90 Å². The number of hydrogen-bond acceptors (Lipinski definition) is 5. The molecule has 0 aliphatic carbocycles. The van der Waals surface area contributed by atoms with E-state index in [0.29, 0.717) is 13.0 Å². The van der Waals surface area contributed by atoms with Gasteiger partial charge in [0.05, 0.1) is 11.7 Å². The van der Waals surface area contributed by atoms with Crippen LogP contribution in [0.25, 0.3) is 0 Å². The minimum Gasteiger partial charge on any atom is -0.491 e. The van der Waals surface area contributed by atoms with Crippen molar-refractivity contribution in [2.75, 3.05) is 26.7 Å². The third kappa shape index (κ3) is 6.84. The number of amides is 1. The van der Waals surface area contributed by atoms with Crippen LogP contribution in [0.2, 0.25) is 0 Å². The topological polar surface area (TPSA) is 85.0 Å². The van der Waals surface area contributed by atoms with Crippen molar-refractivity contribution in [3.63, 3.8) is 0 Å². The van der Waals surface area contributed by atoms with Crippen LogP contribution >= 0.6 is 12.4 Å². The van der Waals surface area contributed by atoms with Gasteiger partial charge in [0.15, 0.2) is 0 Å². The summed E-state index contributed by atoms with van der Waals surface area (Å²) < 4.78 is 48.3. The van der Waals surface area contributed by atoms with Gasteiger partial charge in [0.2, 0.25) is 0 Å². The Balaban J connectivity index is 0.00000364. The Labute approximate surface area is 161 Å². The molecule has 3 atom stereocenters. The van der Waals surface area contributed by atoms with Gasteiger partial charge in [0, 0.05) is 20.1 Å². The number of carbonyl (C=O) groups excluding carboxylic acids is 1. The van der Waals surface area contributed by atoms with Gasteiger partial charge in [-0.3, -0.25) is 4.79 Å². The van der Waals surface area contributed by atoms with Crippen LogP contribution < -0.4 is 10.5 Å². The SMILES string of the molecule is CN(CC(O)COc1ccc(C(F)(F)F)cc1)C(=O)[C@@H]1CC[C@H](CN)O1.Cl. The highest BCUT2D eigenvalue weighted by Crippen LogP contribution is 2.30. The Morgan fingerprint density at radius 3 is 2.52 bits per heavy atom. The van der Waals surface area contributed by atoms with E-state index >= 15 is 0 Å². The first-order valence-electron chi connectivity index (χ1n) is 8.29. The Kier molecular flexibility index (Phi) is 8.80. The van der Waals surface area contributed by atoms with Gasteiger partial charge in [0.1, 0.15) is 24.6 Å². The smallest absolute Gasteiger partial charge is 0.416 e. The maximum atomic E-state index is 12.5. The normalized spacial score (nSPS) is 20.7. The fourth-order valence-electron chi connectivity index (χ4n) is 2.70. The van der Waals surface area contributed by atoms with E-state index in [0.717, 1.165) is 18.6 Å². The zero-order valence-electron chi connectivity index (χ0n) is 14.8. The van der Waals surface area contributed by atoms with Crippen molar-refractivity contribution >= 4 is 18.3 Å². The summed E-state index contributed by atoms with van der Waals surface area (Å²) in [7, 11) is 1.54. The minimum atomic E-state index is -4.41. The van der Waals surface area contributed by atoms with Crippen molar-refractivity contribution in [3.05, 3.63) is 29.8 Å². The molecule has 2 rings (SSSR count). The number of rotatable bonds is 7. The molecule has 1 aliphatic heterocycles. The van der Waals surface area contributed by atoms with E-state index in [4.69, 9.17) is 15.2 Å². The molecule has 1 unspecified atom stereocenters. The lowest BCUT2D eigenvalue weighted by molar-refractivity contribution is -0.142. The third-order valence-electron chi connectivity index (χ3n) is 4.13. The van der Waals surface area contributed by atoms with Gasteiger partial charge in [-0.25, -0.2) is 0 Å². The molecule has 6 nitrogen and oxygen atoms in total. The number of benzene rings is 1. The van der Waals surface area contributed by atoms with Crippen LogP contribution in [-0.4, -0.2) is 61.0 Å². The summed E-state index contributed by atoms with van der Waals surface area (Å²) in [5.74, 6) is -0.0366. The maximum Gasteiger partial charge on any atom is 0.416 e. The molecule has 154 valence electrons. The molecular formula is C17H24ClF3N2O4. The van der Waals surface area contributed by atoms with E-state index in [2.05, 4.69) is 0 Å². The second kappa shape index (κ2) is 10.1. The lowest BCUT2D eigenvalue weighted by Gasteiger charge is -2.24. The number of aliphatic hydroxyl groups excluding tert-OH is 1. The Morgan fingerprint density at radius 1 is 1.37 bits per heavy atom. The van der Waals surface area contributed by atoms with E-state index < -0.39 is 23.9 Å². The second-order valence-corrected chi connectivity index (χ2v) is 6.27. The number of hydrogen-bond donors (Lipinski definition) is 2. The second-order valence-electron chi connectivity index (χ2n) is 6.27. The van der Waals surface area contributed by atoms with E-state index in [1.807, 2.05) is 0 Å². The fraction of sp³-hybridized carbons (Fsp3) is 0.588. The molecule has 1 fully saturated rings. The number of nitrogens with two attached hydrogens (primary N) is 1. The van der Waals surface area contributed by atoms with Crippen LogP contribution in [-0.2, 0) is 15.7 Å². The van der Waals surface area contributed by atoms with Gasteiger partial charge in [0.25, 0.3) is 5.91 Å². The lowest BCUT2D eigenvalue weighted by atomic mass is 10.2. The molecule has 1 heterocycles. The first-order chi connectivity index (χ1) is 12.2. The number of ether oxygens (including phenoxy) is 2. The molecule has 0 saturated carbocycles. The molecule has 0 aromatic heterocycles. The zero-order valence-corrected chi connectivity index (χ0v) is 15.6. The summed E-state index contributed by atoms with van der Waals surface area (Å²) in [5.41, 5.74) is 4.74. The number of likely N-dealkylation sites (N-methyl/N-ethyl adjacent to an activating group) is 1. The molecule has 1 aliphatic rings. The predicted octanol–water partition coefficient (Wildman–Crippen LogP) is 1.83. The van der Waals surface area contributed by atoms with Gasteiger partial charge >= 0.3 is 6.18 Å². The minimum absolute atomic E-state index is 0. The van der Waals surface area contributed by atoms with Crippen molar-refractivity contribution < 1.29 is 32.5 Å². The van der Waals surface area contributed by atoms with Gasteiger partial charge in [-0.1, -0.05) is 0 Å². The first kappa shape index (κ1) is 23.5. The van der Waals surface area contributed by atoms with Crippen molar-refractivity contribution in [3.8, 4) is 5.75 Å². The fourth-order valence-corrected chi connectivity index (χ4v) is 2.70. The average molecular weight is 413 g/mol. The molecule has 1 saturated heterocycles. The summed E-state index contributed by atoms with van der Waals surface area (Å²) in [5, 5.41) is 9.99. The predicted molar refractivity (Wildman–Crippen MR) is 94.8 cm³/mol. The highest BCUT2D eigenvalue weighted by molar-refractivity contribution is 5.85. The lowest BCUT2D eigenvalue weighted by Crippen LogP contribution is -2.42. The highest BCUT2D eigenvalue weighted by atomic mass is 35.5. The first-order valence-corrected chi connectivity index (χ1v) is 8.29. The van der Waals surface area contributed by atoms with Gasteiger partial charge in [-0.15, -0.1) is 12.4 Å². The largest absolute Gasteiger partial charge is 0.491 e. The maximum absolute atomic E-state index is 12.5. The Bertz CT molecular complexity index is 601. The van der Waals surface area contributed by atoms with Crippen LogP contribution in [0.15, 0.2) is 24.3 Å². The molecule has 10 heteroatoms. The van der Waals surface area contributed by atoms with Gasteiger partial charge in [-0.2, -0.15) is 13.2 Å². The van der Waals surface area contributed by atoms with Crippen LogP contribution in [0.1, 0.15) is 18.4 Å². The number of halogens is 4. The van der Waals surface area contributed by atoms with Crippen LogP contribution in [0.3, 0.4) is 0 Å². The summed E-state index contributed by atoms with van der Waals surface area (Å²) in [6.45, 7) is 0.226. The Hall–Kier alpha value is -1.55. The zero-order chi connectivity index (χ0) is 19.3. The molecule has 0 radical (unpaired) electrons. The van der Waals surface area contributed by atoms with Gasteiger partial charge in [-0.05, 0) is 37.1 Å². The van der Waals surface area contributed by atoms with E-state index in [1.54, 1.807) is 7.05 Å². The third-order valence-corrected chi connectivity index (χ3v) is 4.13. The molecule has 0 spiro atoms. The molecule has 1 aromatic carbocycles. The van der Waals surface area contributed by atoms with Gasteiger partial charge < -0.3 is 25.2 Å². The molecular weight excluding hydrogens is 389 g/mol. The highest BCUT2D eigenvalue weighted by Gasteiger charge is 2.32. The van der Waals surface area contributed by atoms with Crippen molar-refractivity contribution in [1.29, 1.82) is 0 Å². The number of carbonyl (C=O) groups is 1. The van der Waals surface area contributed by atoms with E-state index in [1.165, 1.54) is 17.0 Å². The summed E-state index contributed by atoms with van der Waals surface area (Å²) >= 11 is 0. The summed E-state index contributed by atoms with van der Waals surface area (Å²) in [6.07, 6.45) is -4.77.